The Morgan fingerprint density at radius 1 is 1.36 bits per heavy atom. The van der Waals surface area contributed by atoms with Gasteiger partial charge in [0.1, 0.15) is 0 Å². The van der Waals surface area contributed by atoms with Crippen LogP contribution < -0.4 is 0 Å². The van der Waals surface area contributed by atoms with Crippen molar-refractivity contribution in [3.63, 3.8) is 0 Å². The number of carboxylic acid groups (broad SMARTS) is 1. The Kier molecular flexibility index (Phi) is 4.91. The first-order chi connectivity index (χ1) is 10.2. The van der Waals surface area contributed by atoms with Crippen molar-refractivity contribution in [1.29, 1.82) is 0 Å². The molecule has 1 aliphatic rings. The highest BCUT2D eigenvalue weighted by Crippen LogP contribution is 2.25. The van der Waals surface area contributed by atoms with Gasteiger partial charge in [-0.05, 0) is 47.0 Å². The lowest BCUT2D eigenvalue weighted by Crippen LogP contribution is -2.42. The van der Waals surface area contributed by atoms with E-state index in [-0.39, 0.29) is 22.9 Å². The Morgan fingerprint density at radius 3 is 2.64 bits per heavy atom. The topological polar surface area (TPSA) is 91.8 Å². The molecule has 0 spiro atoms. The molecule has 1 aliphatic heterocycles. The number of carbonyl (C=O) groups excluding carboxylic acids is 1. The second kappa shape index (κ2) is 6.37. The lowest BCUT2D eigenvalue weighted by atomic mass is 9.97. The van der Waals surface area contributed by atoms with Crippen molar-refractivity contribution in [1.82, 2.24) is 4.90 Å². The highest BCUT2D eigenvalue weighted by molar-refractivity contribution is 9.10. The summed E-state index contributed by atoms with van der Waals surface area (Å²) in [6, 6.07) is 4.26. The van der Waals surface area contributed by atoms with Gasteiger partial charge >= 0.3 is 5.97 Å². The van der Waals surface area contributed by atoms with E-state index in [1.807, 2.05) is 0 Å². The number of rotatable bonds is 3. The fourth-order valence-corrected chi connectivity index (χ4v) is 3.50. The third-order valence-corrected chi connectivity index (χ3v) is 5.46. The molecular weight excluding hydrogens is 374 g/mol. The first-order valence-electron chi connectivity index (χ1n) is 6.72. The third kappa shape index (κ3) is 3.67. The molecule has 1 N–H and O–H groups in total. The van der Waals surface area contributed by atoms with Gasteiger partial charge in [0.25, 0.3) is 5.91 Å². The summed E-state index contributed by atoms with van der Waals surface area (Å²) in [4.78, 5) is 25.2. The number of carboxylic acids is 1. The molecule has 0 bridgehead atoms. The van der Waals surface area contributed by atoms with Crippen LogP contribution in [0.25, 0.3) is 0 Å². The zero-order valence-corrected chi connectivity index (χ0v) is 14.4. The van der Waals surface area contributed by atoms with E-state index < -0.39 is 21.7 Å². The Morgan fingerprint density at radius 2 is 2.05 bits per heavy atom. The average Bonchev–Trinajstić information content (AvgIpc) is 2.46. The molecule has 1 heterocycles. The zero-order valence-electron chi connectivity index (χ0n) is 12.0. The summed E-state index contributed by atoms with van der Waals surface area (Å²) in [7, 11) is -3.42. The molecule has 1 aromatic carbocycles. The second-order valence-electron chi connectivity index (χ2n) is 5.34. The van der Waals surface area contributed by atoms with Crippen molar-refractivity contribution in [2.45, 2.75) is 17.7 Å². The maximum Gasteiger partial charge on any atom is 0.308 e. The minimum absolute atomic E-state index is 0.0610. The van der Waals surface area contributed by atoms with E-state index >= 15 is 0 Å². The molecule has 1 saturated heterocycles. The van der Waals surface area contributed by atoms with E-state index in [4.69, 9.17) is 5.11 Å². The van der Waals surface area contributed by atoms with Crippen LogP contribution in [0.1, 0.15) is 23.2 Å². The van der Waals surface area contributed by atoms with Gasteiger partial charge in [-0.15, -0.1) is 0 Å². The van der Waals surface area contributed by atoms with Crippen LogP contribution in [0.3, 0.4) is 0 Å². The summed E-state index contributed by atoms with van der Waals surface area (Å²) < 4.78 is 23.7. The molecule has 0 aromatic heterocycles. The SMILES string of the molecule is CS(=O)(=O)c1ccc(Br)c(C(=O)N2CCC[C@H](C(=O)O)C2)c1. The Labute approximate surface area is 137 Å². The molecule has 1 atom stereocenters. The molecule has 0 unspecified atom stereocenters. The number of likely N-dealkylation sites (tertiary alicyclic amines) is 1. The number of sulfone groups is 1. The lowest BCUT2D eigenvalue weighted by Gasteiger charge is -2.31. The number of amides is 1. The highest BCUT2D eigenvalue weighted by Gasteiger charge is 2.29. The van der Waals surface area contributed by atoms with Gasteiger partial charge in [0.05, 0.1) is 16.4 Å². The smallest absolute Gasteiger partial charge is 0.308 e. The number of benzene rings is 1. The van der Waals surface area contributed by atoms with Gasteiger partial charge in [-0.25, -0.2) is 8.42 Å². The van der Waals surface area contributed by atoms with Gasteiger partial charge in [0.15, 0.2) is 9.84 Å². The predicted molar refractivity (Wildman–Crippen MR) is 83.5 cm³/mol. The van der Waals surface area contributed by atoms with E-state index in [0.717, 1.165) is 6.26 Å². The molecule has 6 nitrogen and oxygen atoms in total. The van der Waals surface area contributed by atoms with Crippen LogP contribution in [0.2, 0.25) is 0 Å². The number of hydrogen-bond donors (Lipinski definition) is 1. The summed E-state index contributed by atoms with van der Waals surface area (Å²) in [5.74, 6) is -1.85. The van der Waals surface area contributed by atoms with E-state index in [1.165, 1.54) is 23.1 Å². The molecule has 0 radical (unpaired) electrons. The maximum absolute atomic E-state index is 12.6. The van der Waals surface area contributed by atoms with Gasteiger partial charge in [0.2, 0.25) is 0 Å². The molecule has 2 rings (SSSR count). The summed E-state index contributed by atoms with van der Waals surface area (Å²) in [5, 5.41) is 9.09. The number of hydrogen-bond acceptors (Lipinski definition) is 4. The van der Waals surface area contributed by atoms with E-state index in [0.29, 0.717) is 23.9 Å². The summed E-state index contributed by atoms with van der Waals surface area (Å²) in [6.07, 6.45) is 2.24. The molecule has 1 fully saturated rings. The molecule has 0 saturated carbocycles. The molecular formula is C14H16BrNO5S. The second-order valence-corrected chi connectivity index (χ2v) is 8.21. The summed E-state index contributed by atoms with van der Waals surface area (Å²) in [5.41, 5.74) is 0.231. The molecule has 0 aliphatic carbocycles. The van der Waals surface area contributed by atoms with Crippen molar-refractivity contribution >= 4 is 37.6 Å². The zero-order chi connectivity index (χ0) is 16.5. The standard InChI is InChI=1S/C14H16BrNO5S/c1-22(20,21)10-4-5-12(15)11(7-10)13(17)16-6-2-3-9(8-16)14(18)19/h4-5,7,9H,2-3,6,8H2,1H3,(H,18,19)/t9-/m0/s1. The first-order valence-corrected chi connectivity index (χ1v) is 9.40. The Bertz CT molecular complexity index is 716. The van der Waals surface area contributed by atoms with Crippen LogP contribution in [-0.4, -0.2) is 49.6 Å². The number of halogens is 1. The van der Waals surface area contributed by atoms with Crippen LogP contribution in [0.15, 0.2) is 27.6 Å². The van der Waals surface area contributed by atoms with Crippen molar-refractivity contribution in [2.75, 3.05) is 19.3 Å². The Balaban J connectivity index is 2.31. The minimum atomic E-state index is -3.42. The summed E-state index contributed by atoms with van der Waals surface area (Å²) >= 11 is 3.25. The van der Waals surface area contributed by atoms with Gasteiger partial charge in [-0.3, -0.25) is 9.59 Å². The van der Waals surface area contributed by atoms with Crippen LogP contribution in [-0.2, 0) is 14.6 Å². The maximum atomic E-state index is 12.6. The highest BCUT2D eigenvalue weighted by atomic mass is 79.9. The van der Waals surface area contributed by atoms with Crippen LogP contribution in [0.5, 0.6) is 0 Å². The monoisotopic (exact) mass is 389 g/mol. The van der Waals surface area contributed by atoms with E-state index in [1.54, 1.807) is 0 Å². The normalized spacial score (nSPS) is 19.0. The predicted octanol–water partition coefficient (Wildman–Crippen LogP) is 1.79. The number of nitrogens with zero attached hydrogens (tertiary/aromatic N) is 1. The van der Waals surface area contributed by atoms with Crippen LogP contribution >= 0.6 is 15.9 Å². The van der Waals surface area contributed by atoms with Crippen molar-refractivity contribution in [2.24, 2.45) is 5.92 Å². The molecule has 8 heteroatoms. The molecule has 1 amide bonds. The summed E-state index contributed by atoms with van der Waals surface area (Å²) in [6.45, 7) is 0.613. The van der Waals surface area contributed by atoms with Gasteiger partial charge in [0, 0.05) is 23.8 Å². The minimum Gasteiger partial charge on any atom is -0.481 e. The molecule has 1 aromatic rings. The number of piperidine rings is 1. The van der Waals surface area contributed by atoms with Gasteiger partial charge < -0.3 is 10.0 Å². The van der Waals surface area contributed by atoms with Crippen LogP contribution in [0, 0.1) is 5.92 Å². The fraction of sp³-hybridized carbons (Fsp3) is 0.429. The van der Waals surface area contributed by atoms with Crippen molar-refractivity contribution in [3.8, 4) is 0 Å². The molecule has 120 valence electrons. The van der Waals surface area contributed by atoms with Crippen molar-refractivity contribution in [3.05, 3.63) is 28.2 Å². The lowest BCUT2D eigenvalue weighted by molar-refractivity contribution is -0.143. The average molecular weight is 390 g/mol. The van der Waals surface area contributed by atoms with E-state index in [2.05, 4.69) is 15.9 Å². The largest absolute Gasteiger partial charge is 0.481 e. The van der Waals surface area contributed by atoms with Crippen LogP contribution in [0.4, 0.5) is 0 Å². The quantitative estimate of drug-likeness (QED) is 0.850. The van der Waals surface area contributed by atoms with Crippen molar-refractivity contribution < 1.29 is 23.1 Å². The Hall–Kier alpha value is -1.41. The molecule has 22 heavy (non-hydrogen) atoms. The first kappa shape index (κ1) is 17.0. The van der Waals surface area contributed by atoms with E-state index in [9.17, 15) is 18.0 Å². The third-order valence-electron chi connectivity index (χ3n) is 3.65. The number of carbonyl (C=O) groups is 2. The number of aliphatic carboxylic acids is 1. The van der Waals surface area contributed by atoms with Gasteiger partial charge in [-0.2, -0.15) is 0 Å². The van der Waals surface area contributed by atoms with Gasteiger partial charge in [-0.1, -0.05) is 0 Å². The fourth-order valence-electron chi connectivity index (χ4n) is 2.43.